The second-order valence-electron chi connectivity index (χ2n) is 3.87. The first kappa shape index (κ1) is 11.7. The van der Waals surface area contributed by atoms with Gasteiger partial charge in [-0.2, -0.15) is 0 Å². The minimum absolute atomic E-state index is 0.133. The molecule has 0 saturated carbocycles. The third kappa shape index (κ3) is 2.88. The molecule has 0 bridgehead atoms. The predicted molar refractivity (Wildman–Crippen MR) is 67.0 cm³/mol. The monoisotopic (exact) mass is 231 g/mol. The summed E-state index contributed by atoms with van der Waals surface area (Å²) in [5.74, 6) is 1.70. The highest BCUT2D eigenvalue weighted by molar-refractivity contribution is 5.34. The summed E-state index contributed by atoms with van der Waals surface area (Å²) in [7, 11) is 0. The Bertz CT molecular complexity index is 451. The highest BCUT2D eigenvalue weighted by Crippen LogP contribution is 2.23. The molecule has 1 unspecified atom stereocenters. The number of nitrogens with two attached hydrogens (primary N) is 1. The van der Waals surface area contributed by atoms with Gasteiger partial charge in [0.2, 0.25) is 0 Å². The van der Waals surface area contributed by atoms with Crippen molar-refractivity contribution in [3.63, 3.8) is 0 Å². The van der Waals surface area contributed by atoms with Crippen LogP contribution in [0.3, 0.4) is 0 Å². The number of ether oxygens (including phenoxy) is 1. The zero-order chi connectivity index (χ0) is 12.1. The van der Waals surface area contributed by atoms with Gasteiger partial charge in [-0.15, -0.1) is 0 Å². The molecule has 1 aromatic heterocycles. The number of furan rings is 1. The summed E-state index contributed by atoms with van der Waals surface area (Å²) < 4.78 is 10.9. The SMILES string of the molecule is CCOc1ccccc1CC(N)c1ccco1. The van der Waals surface area contributed by atoms with Crippen LogP contribution in [-0.2, 0) is 6.42 Å². The van der Waals surface area contributed by atoms with Gasteiger partial charge >= 0.3 is 0 Å². The molecule has 0 saturated heterocycles. The van der Waals surface area contributed by atoms with Crippen LogP contribution in [0.1, 0.15) is 24.3 Å². The zero-order valence-electron chi connectivity index (χ0n) is 9.93. The molecular weight excluding hydrogens is 214 g/mol. The molecule has 0 aliphatic heterocycles. The summed E-state index contributed by atoms with van der Waals surface area (Å²) in [4.78, 5) is 0. The number of para-hydroxylation sites is 1. The van der Waals surface area contributed by atoms with Gasteiger partial charge in [0.1, 0.15) is 11.5 Å². The average Bonchev–Trinajstić information content (AvgIpc) is 2.85. The Labute approximate surface area is 101 Å². The van der Waals surface area contributed by atoms with Gasteiger partial charge in [0.15, 0.2) is 0 Å². The number of hydrogen-bond donors (Lipinski definition) is 1. The maximum absolute atomic E-state index is 6.09. The largest absolute Gasteiger partial charge is 0.494 e. The number of benzene rings is 1. The fraction of sp³-hybridized carbons (Fsp3) is 0.286. The van der Waals surface area contributed by atoms with Crippen LogP contribution in [0.2, 0.25) is 0 Å². The standard InChI is InChI=1S/C14H17NO2/c1-2-16-13-7-4-3-6-11(13)10-12(15)14-8-5-9-17-14/h3-9,12H,2,10,15H2,1H3. The molecule has 2 rings (SSSR count). The summed E-state index contributed by atoms with van der Waals surface area (Å²) in [6.07, 6.45) is 2.35. The maximum atomic E-state index is 6.09. The smallest absolute Gasteiger partial charge is 0.122 e. The molecule has 90 valence electrons. The Morgan fingerprint density at radius 1 is 1.24 bits per heavy atom. The fourth-order valence-corrected chi connectivity index (χ4v) is 1.81. The molecule has 0 amide bonds. The molecule has 2 aromatic rings. The molecular formula is C14H17NO2. The van der Waals surface area contributed by atoms with Crippen molar-refractivity contribution in [3.05, 3.63) is 54.0 Å². The molecule has 3 nitrogen and oxygen atoms in total. The molecule has 2 N–H and O–H groups in total. The van der Waals surface area contributed by atoms with Crippen LogP contribution in [0.4, 0.5) is 0 Å². The second kappa shape index (κ2) is 5.55. The zero-order valence-corrected chi connectivity index (χ0v) is 9.93. The molecule has 1 atom stereocenters. The molecule has 1 heterocycles. The van der Waals surface area contributed by atoms with Gasteiger partial charge in [0.25, 0.3) is 0 Å². The molecule has 17 heavy (non-hydrogen) atoms. The lowest BCUT2D eigenvalue weighted by molar-refractivity contribution is 0.335. The number of hydrogen-bond acceptors (Lipinski definition) is 3. The van der Waals surface area contributed by atoms with E-state index in [2.05, 4.69) is 0 Å². The topological polar surface area (TPSA) is 48.4 Å². The van der Waals surface area contributed by atoms with Crippen molar-refractivity contribution in [1.29, 1.82) is 0 Å². The minimum Gasteiger partial charge on any atom is -0.494 e. The van der Waals surface area contributed by atoms with Crippen molar-refractivity contribution in [1.82, 2.24) is 0 Å². The summed E-state index contributed by atoms with van der Waals surface area (Å²) in [5, 5.41) is 0. The van der Waals surface area contributed by atoms with E-state index in [1.165, 1.54) is 0 Å². The molecule has 0 spiro atoms. The van der Waals surface area contributed by atoms with E-state index in [0.717, 1.165) is 17.1 Å². The van der Waals surface area contributed by atoms with E-state index in [1.54, 1.807) is 6.26 Å². The lowest BCUT2D eigenvalue weighted by Gasteiger charge is -2.13. The maximum Gasteiger partial charge on any atom is 0.122 e. The summed E-state index contributed by atoms with van der Waals surface area (Å²) in [5.41, 5.74) is 7.20. The van der Waals surface area contributed by atoms with Crippen LogP contribution in [0.25, 0.3) is 0 Å². The van der Waals surface area contributed by atoms with E-state index >= 15 is 0 Å². The van der Waals surface area contributed by atoms with E-state index < -0.39 is 0 Å². The van der Waals surface area contributed by atoms with E-state index in [4.69, 9.17) is 14.9 Å². The van der Waals surface area contributed by atoms with Gasteiger partial charge in [-0.05, 0) is 37.1 Å². The van der Waals surface area contributed by atoms with Crippen LogP contribution < -0.4 is 10.5 Å². The van der Waals surface area contributed by atoms with E-state index in [0.29, 0.717) is 13.0 Å². The van der Waals surface area contributed by atoms with Crippen molar-refractivity contribution in [3.8, 4) is 5.75 Å². The van der Waals surface area contributed by atoms with Gasteiger partial charge < -0.3 is 14.9 Å². The first-order valence-electron chi connectivity index (χ1n) is 5.81. The second-order valence-corrected chi connectivity index (χ2v) is 3.87. The lowest BCUT2D eigenvalue weighted by atomic mass is 10.0. The van der Waals surface area contributed by atoms with E-state index in [1.807, 2.05) is 43.3 Å². The van der Waals surface area contributed by atoms with Crippen molar-refractivity contribution in [2.24, 2.45) is 5.73 Å². The van der Waals surface area contributed by atoms with Crippen LogP contribution in [-0.4, -0.2) is 6.61 Å². The van der Waals surface area contributed by atoms with Crippen molar-refractivity contribution in [2.75, 3.05) is 6.61 Å². The average molecular weight is 231 g/mol. The minimum atomic E-state index is -0.133. The molecule has 3 heteroatoms. The Morgan fingerprint density at radius 2 is 2.06 bits per heavy atom. The Morgan fingerprint density at radius 3 is 2.76 bits per heavy atom. The number of rotatable bonds is 5. The lowest BCUT2D eigenvalue weighted by Crippen LogP contribution is -2.13. The first-order valence-corrected chi connectivity index (χ1v) is 5.81. The molecule has 1 aromatic carbocycles. The highest BCUT2D eigenvalue weighted by atomic mass is 16.5. The van der Waals surface area contributed by atoms with Crippen molar-refractivity contribution >= 4 is 0 Å². The van der Waals surface area contributed by atoms with Gasteiger partial charge in [0.05, 0.1) is 18.9 Å². The molecule has 0 aliphatic rings. The van der Waals surface area contributed by atoms with E-state index in [9.17, 15) is 0 Å². The molecule has 0 aliphatic carbocycles. The van der Waals surface area contributed by atoms with Gasteiger partial charge in [0, 0.05) is 0 Å². The van der Waals surface area contributed by atoms with E-state index in [-0.39, 0.29) is 6.04 Å². The Balaban J connectivity index is 2.12. The first-order chi connectivity index (χ1) is 8.31. The molecule has 0 fully saturated rings. The fourth-order valence-electron chi connectivity index (χ4n) is 1.81. The van der Waals surface area contributed by atoms with Gasteiger partial charge in [-0.1, -0.05) is 18.2 Å². The van der Waals surface area contributed by atoms with Crippen LogP contribution in [0, 0.1) is 0 Å². The summed E-state index contributed by atoms with van der Waals surface area (Å²) >= 11 is 0. The predicted octanol–water partition coefficient (Wildman–Crippen LogP) is 2.92. The Hall–Kier alpha value is -1.74. The van der Waals surface area contributed by atoms with Crippen LogP contribution >= 0.6 is 0 Å². The highest BCUT2D eigenvalue weighted by Gasteiger charge is 2.12. The summed E-state index contributed by atoms with van der Waals surface area (Å²) in [6, 6.07) is 11.6. The normalized spacial score (nSPS) is 12.4. The van der Waals surface area contributed by atoms with Crippen LogP contribution in [0.5, 0.6) is 5.75 Å². The van der Waals surface area contributed by atoms with Gasteiger partial charge in [-0.3, -0.25) is 0 Å². The van der Waals surface area contributed by atoms with Gasteiger partial charge in [-0.25, -0.2) is 0 Å². The third-order valence-electron chi connectivity index (χ3n) is 2.62. The summed E-state index contributed by atoms with van der Waals surface area (Å²) in [6.45, 7) is 2.64. The van der Waals surface area contributed by atoms with Crippen molar-refractivity contribution < 1.29 is 9.15 Å². The molecule has 0 radical (unpaired) electrons. The Kier molecular flexibility index (Phi) is 3.83. The van der Waals surface area contributed by atoms with Crippen molar-refractivity contribution in [2.45, 2.75) is 19.4 Å². The van der Waals surface area contributed by atoms with Crippen LogP contribution in [0.15, 0.2) is 47.1 Å². The quantitative estimate of drug-likeness (QED) is 0.860. The third-order valence-corrected chi connectivity index (χ3v) is 2.62.